The minimum atomic E-state index is -0.752. The van der Waals surface area contributed by atoms with Crippen molar-refractivity contribution in [1.29, 1.82) is 0 Å². The van der Waals surface area contributed by atoms with Crippen LogP contribution in [-0.4, -0.2) is 25.1 Å². The van der Waals surface area contributed by atoms with Gasteiger partial charge in [0.05, 0.1) is 17.7 Å². The van der Waals surface area contributed by atoms with Crippen molar-refractivity contribution in [2.75, 3.05) is 12.4 Å². The van der Waals surface area contributed by atoms with Gasteiger partial charge in [-0.25, -0.2) is 4.79 Å². The first-order valence-electron chi connectivity index (χ1n) is 7.43. The van der Waals surface area contributed by atoms with Gasteiger partial charge in [0.15, 0.2) is 6.10 Å². The number of aryl methyl sites for hydroxylation is 1. The molecule has 1 N–H and O–H groups in total. The summed E-state index contributed by atoms with van der Waals surface area (Å²) in [5.74, 6) is -0.413. The molecule has 5 nitrogen and oxygen atoms in total. The largest absolute Gasteiger partial charge is 0.481 e. The number of carbonyl (C=O) groups is 2. The minimum Gasteiger partial charge on any atom is -0.481 e. The molecule has 0 aliphatic heterocycles. The second-order valence-electron chi connectivity index (χ2n) is 5.35. The minimum absolute atomic E-state index is 0.170. The van der Waals surface area contributed by atoms with Crippen LogP contribution >= 0.6 is 23.2 Å². The summed E-state index contributed by atoms with van der Waals surface area (Å²) in [6.07, 6.45) is -0.752. The third-order valence-corrected chi connectivity index (χ3v) is 4.20. The van der Waals surface area contributed by atoms with Crippen molar-refractivity contribution >= 4 is 40.8 Å². The summed E-state index contributed by atoms with van der Waals surface area (Å²) < 4.78 is 10.3. The summed E-state index contributed by atoms with van der Waals surface area (Å²) in [4.78, 5) is 23.9. The van der Waals surface area contributed by atoms with Crippen LogP contribution in [0.3, 0.4) is 0 Å². The third kappa shape index (κ3) is 4.87. The fourth-order valence-electron chi connectivity index (χ4n) is 2.06. The SMILES string of the molecule is COC(=O)c1cc(NC(=O)[C@H](C)Oc2ccc(Cl)c(C)c2)ccc1Cl. The van der Waals surface area contributed by atoms with E-state index in [0.717, 1.165) is 5.56 Å². The van der Waals surface area contributed by atoms with Gasteiger partial charge in [-0.3, -0.25) is 4.79 Å². The standard InChI is InChI=1S/C18H17Cl2NO4/c1-10-8-13(5-7-15(10)19)25-11(2)17(22)21-12-4-6-16(20)14(9-12)18(23)24-3/h4-9,11H,1-3H3,(H,21,22)/t11-/m0/s1. The van der Waals surface area contributed by atoms with Crippen molar-refractivity contribution in [3.05, 3.63) is 57.6 Å². The summed E-state index contributed by atoms with van der Waals surface area (Å²) in [6, 6.07) is 9.70. The van der Waals surface area contributed by atoms with Crippen LogP contribution in [-0.2, 0) is 9.53 Å². The van der Waals surface area contributed by atoms with Crippen LogP contribution in [0.5, 0.6) is 5.75 Å². The van der Waals surface area contributed by atoms with Crippen molar-refractivity contribution in [3.63, 3.8) is 0 Å². The lowest BCUT2D eigenvalue weighted by atomic mass is 10.2. The number of nitrogens with one attached hydrogen (secondary N) is 1. The molecule has 1 atom stereocenters. The predicted octanol–water partition coefficient (Wildman–Crippen LogP) is 4.49. The van der Waals surface area contributed by atoms with Gasteiger partial charge in [0, 0.05) is 10.7 Å². The number of amides is 1. The third-order valence-electron chi connectivity index (χ3n) is 3.45. The van der Waals surface area contributed by atoms with Crippen molar-refractivity contribution < 1.29 is 19.1 Å². The van der Waals surface area contributed by atoms with E-state index < -0.39 is 12.1 Å². The first-order chi connectivity index (χ1) is 11.8. The van der Waals surface area contributed by atoms with E-state index in [0.29, 0.717) is 16.5 Å². The molecule has 132 valence electrons. The molecule has 0 aliphatic carbocycles. The molecule has 0 heterocycles. The zero-order valence-electron chi connectivity index (χ0n) is 13.9. The molecule has 0 saturated carbocycles. The van der Waals surface area contributed by atoms with Gasteiger partial charge >= 0.3 is 5.97 Å². The molecule has 2 aromatic rings. The van der Waals surface area contributed by atoms with Crippen LogP contribution in [0.15, 0.2) is 36.4 Å². The number of rotatable bonds is 5. The van der Waals surface area contributed by atoms with Crippen molar-refractivity contribution in [2.45, 2.75) is 20.0 Å². The smallest absolute Gasteiger partial charge is 0.339 e. The molecule has 0 spiro atoms. The average molecular weight is 382 g/mol. The van der Waals surface area contributed by atoms with Crippen molar-refractivity contribution in [1.82, 2.24) is 0 Å². The summed E-state index contributed by atoms with van der Waals surface area (Å²) >= 11 is 11.9. The number of ether oxygens (including phenoxy) is 2. The zero-order chi connectivity index (χ0) is 18.6. The molecule has 0 unspecified atom stereocenters. The summed E-state index contributed by atoms with van der Waals surface area (Å²) in [6.45, 7) is 3.47. The zero-order valence-corrected chi connectivity index (χ0v) is 15.4. The van der Waals surface area contributed by atoms with E-state index in [2.05, 4.69) is 10.1 Å². The van der Waals surface area contributed by atoms with E-state index in [1.165, 1.54) is 19.2 Å². The van der Waals surface area contributed by atoms with E-state index in [-0.39, 0.29) is 16.5 Å². The van der Waals surface area contributed by atoms with Gasteiger partial charge in [-0.05, 0) is 55.8 Å². The van der Waals surface area contributed by atoms with Gasteiger partial charge in [0.1, 0.15) is 5.75 Å². The summed E-state index contributed by atoms with van der Waals surface area (Å²) in [7, 11) is 1.26. The quantitative estimate of drug-likeness (QED) is 0.774. The lowest BCUT2D eigenvalue weighted by Gasteiger charge is -2.16. The average Bonchev–Trinajstić information content (AvgIpc) is 2.59. The normalized spacial score (nSPS) is 11.6. The van der Waals surface area contributed by atoms with E-state index in [1.807, 2.05) is 6.92 Å². The predicted molar refractivity (Wildman–Crippen MR) is 97.7 cm³/mol. The van der Waals surface area contributed by atoms with Crippen LogP contribution in [0.1, 0.15) is 22.8 Å². The topological polar surface area (TPSA) is 64.6 Å². The number of anilines is 1. The van der Waals surface area contributed by atoms with E-state index in [1.54, 1.807) is 31.2 Å². The lowest BCUT2D eigenvalue weighted by Crippen LogP contribution is -2.30. The van der Waals surface area contributed by atoms with Gasteiger partial charge in [-0.1, -0.05) is 23.2 Å². The van der Waals surface area contributed by atoms with Crippen molar-refractivity contribution in [2.24, 2.45) is 0 Å². The maximum absolute atomic E-state index is 12.3. The first-order valence-corrected chi connectivity index (χ1v) is 8.19. The number of hydrogen-bond donors (Lipinski definition) is 1. The van der Waals surface area contributed by atoms with E-state index in [9.17, 15) is 9.59 Å². The number of benzene rings is 2. The Balaban J connectivity index is 2.08. The second-order valence-corrected chi connectivity index (χ2v) is 6.16. The Kier molecular flexibility index (Phi) is 6.28. The second kappa shape index (κ2) is 8.23. The fourth-order valence-corrected chi connectivity index (χ4v) is 2.37. The molecular weight excluding hydrogens is 365 g/mol. The van der Waals surface area contributed by atoms with Crippen LogP contribution in [0.25, 0.3) is 0 Å². The monoisotopic (exact) mass is 381 g/mol. The Morgan fingerprint density at radius 2 is 1.76 bits per heavy atom. The maximum Gasteiger partial charge on any atom is 0.339 e. The number of carbonyl (C=O) groups excluding carboxylic acids is 2. The number of methoxy groups -OCH3 is 1. The summed E-state index contributed by atoms with van der Waals surface area (Å²) in [5, 5.41) is 3.55. The highest BCUT2D eigenvalue weighted by Crippen LogP contribution is 2.23. The Labute approximate surface area is 155 Å². The molecule has 7 heteroatoms. The van der Waals surface area contributed by atoms with Gasteiger partial charge in [0.2, 0.25) is 0 Å². The molecule has 25 heavy (non-hydrogen) atoms. The lowest BCUT2D eigenvalue weighted by molar-refractivity contribution is -0.122. The molecule has 0 aromatic heterocycles. The van der Waals surface area contributed by atoms with Gasteiger partial charge in [-0.15, -0.1) is 0 Å². The molecule has 0 radical (unpaired) electrons. The Morgan fingerprint density at radius 3 is 2.40 bits per heavy atom. The highest BCUT2D eigenvalue weighted by molar-refractivity contribution is 6.33. The van der Waals surface area contributed by atoms with Crippen LogP contribution < -0.4 is 10.1 Å². The molecule has 2 aromatic carbocycles. The Hall–Kier alpha value is -2.24. The van der Waals surface area contributed by atoms with Gasteiger partial charge in [-0.2, -0.15) is 0 Å². The molecule has 2 rings (SSSR count). The molecule has 0 bridgehead atoms. The Morgan fingerprint density at radius 1 is 1.08 bits per heavy atom. The number of hydrogen-bond acceptors (Lipinski definition) is 4. The van der Waals surface area contributed by atoms with E-state index >= 15 is 0 Å². The number of halogens is 2. The summed E-state index contributed by atoms with van der Waals surface area (Å²) in [5.41, 5.74) is 1.44. The van der Waals surface area contributed by atoms with Crippen LogP contribution in [0.4, 0.5) is 5.69 Å². The van der Waals surface area contributed by atoms with Crippen LogP contribution in [0.2, 0.25) is 10.0 Å². The van der Waals surface area contributed by atoms with E-state index in [4.69, 9.17) is 27.9 Å². The Bertz CT molecular complexity index is 808. The van der Waals surface area contributed by atoms with Crippen LogP contribution in [0, 0.1) is 6.92 Å². The highest BCUT2D eigenvalue weighted by Gasteiger charge is 2.17. The molecular formula is C18H17Cl2NO4. The molecule has 0 aliphatic rings. The highest BCUT2D eigenvalue weighted by atomic mass is 35.5. The molecule has 0 fully saturated rings. The van der Waals surface area contributed by atoms with Crippen molar-refractivity contribution in [3.8, 4) is 5.75 Å². The molecule has 0 saturated heterocycles. The number of esters is 1. The van der Waals surface area contributed by atoms with Gasteiger partial charge in [0.25, 0.3) is 5.91 Å². The first kappa shape index (κ1) is 19.1. The fraction of sp³-hybridized carbons (Fsp3) is 0.222. The van der Waals surface area contributed by atoms with Gasteiger partial charge < -0.3 is 14.8 Å². The molecule has 1 amide bonds. The maximum atomic E-state index is 12.3.